The molecule has 20 heavy (non-hydrogen) atoms. The van der Waals surface area contributed by atoms with Crippen LogP contribution in [0.15, 0.2) is 12.2 Å². The molecule has 0 aromatic rings. The Hall–Kier alpha value is -1.32. The van der Waals surface area contributed by atoms with E-state index in [1.54, 1.807) is 11.9 Å². The molecule has 0 unspecified atom stereocenters. The van der Waals surface area contributed by atoms with Crippen LogP contribution in [0.2, 0.25) is 0 Å². The molecule has 0 aliphatic heterocycles. The number of rotatable bonds is 4. The average molecular weight is 277 g/mol. The Labute approximate surface area is 119 Å². The smallest absolute Gasteiger partial charge is 0.328 e. The summed E-state index contributed by atoms with van der Waals surface area (Å²) in [4.78, 5) is 24.1. The summed E-state index contributed by atoms with van der Waals surface area (Å²) >= 11 is 0. The fourth-order valence-electron chi connectivity index (χ4n) is 5.33. The molecule has 1 amide bonds. The minimum absolute atomic E-state index is 0.192. The highest BCUT2D eigenvalue weighted by Crippen LogP contribution is 2.60. The molecule has 4 heteroatoms. The van der Waals surface area contributed by atoms with Crippen LogP contribution in [-0.4, -0.2) is 35.5 Å². The van der Waals surface area contributed by atoms with Crippen LogP contribution in [0.25, 0.3) is 0 Å². The summed E-state index contributed by atoms with van der Waals surface area (Å²) in [7, 11) is 1.80. The van der Waals surface area contributed by atoms with E-state index in [1.807, 2.05) is 0 Å². The van der Waals surface area contributed by atoms with Crippen LogP contribution >= 0.6 is 0 Å². The van der Waals surface area contributed by atoms with E-state index in [2.05, 4.69) is 0 Å². The summed E-state index contributed by atoms with van der Waals surface area (Å²) in [6, 6.07) is 0. The second-order valence-corrected chi connectivity index (χ2v) is 7.28. The standard InChI is InChI=1S/C16H23NO3/c1-17(14(18)2-3-15(19)20)10-16-7-11-4-12(8-16)6-13(5-11)9-16/h2-3,11-13H,4-10H2,1H3,(H,19,20)/b3-2+. The minimum Gasteiger partial charge on any atom is -0.478 e. The molecule has 0 saturated heterocycles. The first-order valence-corrected chi connectivity index (χ1v) is 7.62. The van der Waals surface area contributed by atoms with Gasteiger partial charge in [0.1, 0.15) is 0 Å². The van der Waals surface area contributed by atoms with Crippen molar-refractivity contribution in [3.8, 4) is 0 Å². The van der Waals surface area contributed by atoms with E-state index < -0.39 is 5.97 Å². The van der Waals surface area contributed by atoms with Gasteiger partial charge in [-0.1, -0.05) is 0 Å². The van der Waals surface area contributed by atoms with Gasteiger partial charge in [-0.25, -0.2) is 4.79 Å². The van der Waals surface area contributed by atoms with Crippen LogP contribution in [0.3, 0.4) is 0 Å². The number of likely N-dealkylation sites (N-methyl/N-ethyl adjacent to an activating group) is 1. The molecule has 0 aromatic heterocycles. The molecular weight excluding hydrogens is 254 g/mol. The van der Waals surface area contributed by atoms with E-state index in [9.17, 15) is 9.59 Å². The van der Waals surface area contributed by atoms with Gasteiger partial charge < -0.3 is 10.0 Å². The molecule has 0 spiro atoms. The van der Waals surface area contributed by atoms with Gasteiger partial charge in [0, 0.05) is 25.7 Å². The molecule has 4 fully saturated rings. The number of carbonyl (C=O) groups is 2. The van der Waals surface area contributed by atoms with Gasteiger partial charge in [0.2, 0.25) is 5.91 Å². The summed E-state index contributed by atoms with van der Waals surface area (Å²) in [6.07, 6.45) is 10.1. The molecule has 0 heterocycles. The van der Waals surface area contributed by atoms with E-state index in [0.29, 0.717) is 5.41 Å². The molecule has 110 valence electrons. The molecule has 4 nitrogen and oxygen atoms in total. The first-order valence-electron chi connectivity index (χ1n) is 7.62. The number of carbonyl (C=O) groups excluding carboxylic acids is 1. The van der Waals surface area contributed by atoms with Gasteiger partial charge in [-0.05, 0) is 61.7 Å². The Morgan fingerprint density at radius 1 is 1.10 bits per heavy atom. The molecule has 4 aliphatic rings. The van der Waals surface area contributed by atoms with E-state index in [1.165, 1.54) is 44.6 Å². The predicted molar refractivity (Wildman–Crippen MR) is 75.0 cm³/mol. The second kappa shape index (κ2) is 4.90. The molecule has 4 aliphatic carbocycles. The van der Waals surface area contributed by atoms with Crippen molar-refractivity contribution in [2.24, 2.45) is 23.2 Å². The highest BCUT2D eigenvalue weighted by atomic mass is 16.4. The largest absolute Gasteiger partial charge is 0.478 e. The van der Waals surface area contributed by atoms with Crippen LogP contribution < -0.4 is 0 Å². The molecule has 0 radical (unpaired) electrons. The molecule has 1 N–H and O–H groups in total. The fraction of sp³-hybridized carbons (Fsp3) is 0.750. The fourth-order valence-corrected chi connectivity index (χ4v) is 5.33. The minimum atomic E-state index is -1.07. The van der Waals surface area contributed by atoms with Gasteiger partial charge >= 0.3 is 5.97 Å². The normalized spacial score (nSPS) is 38.4. The number of amides is 1. The maximum absolute atomic E-state index is 11.9. The van der Waals surface area contributed by atoms with Gasteiger partial charge in [-0.3, -0.25) is 4.79 Å². The highest BCUT2D eigenvalue weighted by Gasteiger charge is 2.51. The van der Waals surface area contributed by atoms with Crippen LogP contribution in [0.4, 0.5) is 0 Å². The lowest BCUT2D eigenvalue weighted by Gasteiger charge is -2.57. The number of hydrogen-bond donors (Lipinski definition) is 1. The van der Waals surface area contributed by atoms with Gasteiger partial charge in [-0.15, -0.1) is 0 Å². The summed E-state index contributed by atoms with van der Waals surface area (Å²) in [5, 5.41) is 8.59. The Morgan fingerprint density at radius 3 is 2.05 bits per heavy atom. The lowest BCUT2D eigenvalue weighted by atomic mass is 9.49. The van der Waals surface area contributed by atoms with Gasteiger partial charge in [0.15, 0.2) is 0 Å². The average Bonchev–Trinajstić information content (AvgIpc) is 2.33. The SMILES string of the molecule is CN(CC12CC3CC(CC(C3)C1)C2)C(=O)/C=C/C(=O)O. The topological polar surface area (TPSA) is 57.6 Å². The third kappa shape index (κ3) is 2.60. The van der Waals surface area contributed by atoms with Crippen LogP contribution in [0, 0.1) is 23.2 Å². The summed E-state index contributed by atoms with van der Waals surface area (Å²) in [5.74, 6) is 1.36. The highest BCUT2D eigenvalue weighted by molar-refractivity contribution is 5.93. The maximum atomic E-state index is 11.9. The molecule has 4 bridgehead atoms. The zero-order valence-corrected chi connectivity index (χ0v) is 12.0. The van der Waals surface area contributed by atoms with Crippen molar-refractivity contribution in [1.82, 2.24) is 4.90 Å². The first-order chi connectivity index (χ1) is 9.46. The van der Waals surface area contributed by atoms with Crippen molar-refractivity contribution in [1.29, 1.82) is 0 Å². The Morgan fingerprint density at radius 2 is 1.60 bits per heavy atom. The molecule has 0 aromatic carbocycles. The van der Waals surface area contributed by atoms with E-state index in [4.69, 9.17) is 5.11 Å². The molecule has 0 atom stereocenters. The lowest BCUT2D eigenvalue weighted by molar-refractivity contribution is -0.133. The third-order valence-corrected chi connectivity index (χ3v) is 5.48. The lowest BCUT2D eigenvalue weighted by Crippen LogP contribution is -2.51. The van der Waals surface area contributed by atoms with Crippen LogP contribution in [0.1, 0.15) is 38.5 Å². The van der Waals surface area contributed by atoms with Crippen molar-refractivity contribution >= 4 is 11.9 Å². The number of aliphatic carboxylic acids is 1. The summed E-state index contributed by atoms with van der Waals surface area (Å²) in [5.41, 5.74) is 0.316. The van der Waals surface area contributed by atoms with Gasteiger partial charge in [-0.2, -0.15) is 0 Å². The first kappa shape index (κ1) is 13.7. The number of carboxylic acid groups (broad SMARTS) is 1. The Bertz CT molecular complexity index is 419. The van der Waals surface area contributed by atoms with Crippen LogP contribution in [-0.2, 0) is 9.59 Å². The Balaban J connectivity index is 1.65. The summed E-state index contributed by atoms with van der Waals surface area (Å²) in [6.45, 7) is 0.791. The van der Waals surface area contributed by atoms with E-state index >= 15 is 0 Å². The van der Waals surface area contributed by atoms with Gasteiger partial charge in [0.05, 0.1) is 0 Å². The second-order valence-electron chi connectivity index (χ2n) is 7.28. The Kier molecular flexibility index (Phi) is 3.35. The van der Waals surface area contributed by atoms with Crippen molar-refractivity contribution in [3.05, 3.63) is 12.2 Å². The summed E-state index contributed by atoms with van der Waals surface area (Å²) < 4.78 is 0. The molecular formula is C16H23NO3. The van der Waals surface area contributed by atoms with Crippen molar-refractivity contribution < 1.29 is 14.7 Å². The zero-order chi connectivity index (χ0) is 14.3. The van der Waals surface area contributed by atoms with E-state index in [-0.39, 0.29) is 5.91 Å². The monoisotopic (exact) mass is 277 g/mol. The van der Waals surface area contributed by atoms with Crippen molar-refractivity contribution in [3.63, 3.8) is 0 Å². The van der Waals surface area contributed by atoms with Crippen LogP contribution in [0.5, 0.6) is 0 Å². The predicted octanol–water partition coefficient (Wildman–Crippen LogP) is 2.30. The van der Waals surface area contributed by atoms with Gasteiger partial charge in [0.25, 0.3) is 0 Å². The maximum Gasteiger partial charge on any atom is 0.328 e. The van der Waals surface area contributed by atoms with Crippen molar-refractivity contribution in [2.75, 3.05) is 13.6 Å². The van der Waals surface area contributed by atoms with Crippen molar-refractivity contribution in [2.45, 2.75) is 38.5 Å². The molecule has 4 rings (SSSR count). The van der Waals surface area contributed by atoms with E-state index in [0.717, 1.165) is 30.4 Å². The number of nitrogens with zero attached hydrogens (tertiary/aromatic N) is 1. The quantitative estimate of drug-likeness (QED) is 0.802. The molecule has 4 saturated carbocycles. The zero-order valence-electron chi connectivity index (χ0n) is 12.0. The number of hydrogen-bond acceptors (Lipinski definition) is 2. The third-order valence-electron chi connectivity index (χ3n) is 5.48. The number of carboxylic acids is 1.